The lowest BCUT2D eigenvalue weighted by molar-refractivity contribution is 0.0577. The normalized spacial score (nSPS) is 17.6. The molecule has 0 radical (unpaired) electrons. The lowest BCUT2D eigenvalue weighted by Gasteiger charge is -2.35. The Morgan fingerprint density at radius 2 is 2.11 bits per heavy atom. The zero-order valence-corrected chi connectivity index (χ0v) is 16.8. The highest BCUT2D eigenvalue weighted by atomic mass is 35.5. The summed E-state index contributed by atoms with van der Waals surface area (Å²) in [5.74, 6) is 0.176. The number of ether oxygens (including phenoxy) is 1. The number of hydrogen-bond donors (Lipinski definition) is 2. The molecule has 2 aromatic carbocycles. The summed E-state index contributed by atoms with van der Waals surface area (Å²) in [6.07, 6.45) is 8.42. The Kier molecular flexibility index (Phi) is 6.95. The number of nitrogen functional groups attached to an aromatic ring is 1. The van der Waals surface area contributed by atoms with Gasteiger partial charge in [0.2, 0.25) is 0 Å². The van der Waals surface area contributed by atoms with E-state index in [0.717, 1.165) is 32.2 Å². The molecule has 0 aromatic heterocycles. The van der Waals surface area contributed by atoms with Gasteiger partial charge in [-0.3, -0.25) is 10.2 Å². The highest BCUT2D eigenvalue weighted by Crippen LogP contribution is 2.29. The number of nitrogens with two attached hydrogens (primary N) is 1. The number of hydrazine groups is 1. The van der Waals surface area contributed by atoms with Gasteiger partial charge in [0.1, 0.15) is 5.75 Å². The van der Waals surface area contributed by atoms with Gasteiger partial charge in [-0.2, -0.15) is 0 Å². The second kappa shape index (κ2) is 9.62. The van der Waals surface area contributed by atoms with Crippen molar-refractivity contribution >= 4 is 29.3 Å². The average Bonchev–Trinajstić information content (AvgIpc) is 2.71. The molecule has 1 aliphatic heterocycles. The van der Waals surface area contributed by atoms with Crippen LogP contribution in [-0.2, 0) is 0 Å². The van der Waals surface area contributed by atoms with E-state index in [-0.39, 0.29) is 11.9 Å². The minimum absolute atomic E-state index is 0.238. The standard InChI is InChI=1S/C22H26ClN3O2/c1-28-21-15-20(24)19(23)14-18(21)22(27)25-26-13-6-5-11-17(26)12-7-10-16-8-3-2-4-9-16/h2-4,7-10,14-15,17H,5-6,11-13,24H2,1H3,(H,25,27)/b10-7+. The summed E-state index contributed by atoms with van der Waals surface area (Å²) in [6, 6.07) is 13.6. The molecule has 6 heteroatoms. The summed E-state index contributed by atoms with van der Waals surface area (Å²) >= 11 is 6.10. The van der Waals surface area contributed by atoms with E-state index in [0.29, 0.717) is 22.0 Å². The lowest BCUT2D eigenvalue weighted by Crippen LogP contribution is -2.50. The minimum atomic E-state index is -0.238. The maximum absolute atomic E-state index is 12.8. The SMILES string of the molecule is COc1cc(N)c(Cl)cc1C(=O)NN1CCCCC1C/C=C/c1ccccc1. The molecule has 1 aliphatic rings. The first-order chi connectivity index (χ1) is 13.6. The molecule has 3 N–H and O–H groups in total. The van der Waals surface area contributed by atoms with Crippen molar-refractivity contribution in [1.29, 1.82) is 0 Å². The third-order valence-corrected chi connectivity index (χ3v) is 5.28. The first-order valence-corrected chi connectivity index (χ1v) is 9.88. The Morgan fingerprint density at radius 3 is 2.86 bits per heavy atom. The van der Waals surface area contributed by atoms with Gasteiger partial charge >= 0.3 is 0 Å². The number of carbonyl (C=O) groups is 1. The van der Waals surface area contributed by atoms with Crippen molar-refractivity contribution in [3.8, 4) is 5.75 Å². The Hall–Kier alpha value is -2.50. The van der Waals surface area contributed by atoms with Crippen molar-refractivity contribution < 1.29 is 9.53 Å². The van der Waals surface area contributed by atoms with Crippen LogP contribution < -0.4 is 15.9 Å². The number of anilines is 1. The van der Waals surface area contributed by atoms with Crippen molar-refractivity contribution in [3.05, 3.63) is 64.7 Å². The van der Waals surface area contributed by atoms with Gasteiger partial charge in [0.25, 0.3) is 5.91 Å². The van der Waals surface area contributed by atoms with Crippen molar-refractivity contribution in [3.63, 3.8) is 0 Å². The van der Waals surface area contributed by atoms with Crippen LogP contribution >= 0.6 is 11.6 Å². The van der Waals surface area contributed by atoms with Gasteiger partial charge in [-0.1, -0.05) is 60.5 Å². The fourth-order valence-electron chi connectivity index (χ4n) is 3.42. The van der Waals surface area contributed by atoms with E-state index in [9.17, 15) is 4.79 Å². The molecule has 1 unspecified atom stereocenters. The molecule has 1 amide bonds. The quantitative estimate of drug-likeness (QED) is 0.700. The molecule has 1 atom stereocenters. The number of halogens is 1. The average molecular weight is 400 g/mol. The molecule has 1 fully saturated rings. The largest absolute Gasteiger partial charge is 0.496 e. The maximum Gasteiger partial charge on any atom is 0.269 e. The number of amides is 1. The highest BCUT2D eigenvalue weighted by Gasteiger charge is 2.25. The molecule has 0 bridgehead atoms. The second-order valence-electron chi connectivity index (χ2n) is 6.91. The fourth-order valence-corrected chi connectivity index (χ4v) is 3.59. The molecule has 0 spiro atoms. The van der Waals surface area contributed by atoms with E-state index in [1.165, 1.54) is 12.7 Å². The monoisotopic (exact) mass is 399 g/mol. The van der Waals surface area contributed by atoms with Gasteiger partial charge in [-0.05, 0) is 30.9 Å². The molecule has 5 nitrogen and oxygen atoms in total. The van der Waals surface area contributed by atoms with Crippen molar-refractivity contribution in [1.82, 2.24) is 10.4 Å². The molecule has 0 saturated carbocycles. The molecule has 28 heavy (non-hydrogen) atoms. The topological polar surface area (TPSA) is 67.6 Å². The number of rotatable bonds is 6. The number of nitrogens with zero attached hydrogens (tertiary/aromatic N) is 1. The van der Waals surface area contributed by atoms with E-state index in [4.69, 9.17) is 22.1 Å². The summed E-state index contributed by atoms with van der Waals surface area (Å²) in [5.41, 5.74) is 10.8. The highest BCUT2D eigenvalue weighted by molar-refractivity contribution is 6.33. The van der Waals surface area contributed by atoms with Crippen LogP contribution in [0.2, 0.25) is 5.02 Å². The smallest absolute Gasteiger partial charge is 0.269 e. The number of methoxy groups -OCH3 is 1. The zero-order valence-electron chi connectivity index (χ0n) is 16.0. The Bertz CT molecular complexity index is 839. The van der Waals surface area contributed by atoms with Gasteiger partial charge in [0.15, 0.2) is 0 Å². The summed E-state index contributed by atoms with van der Waals surface area (Å²) in [6.45, 7) is 0.820. The van der Waals surface area contributed by atoms with Crippen LogP contribution in [-0.4, -0.2) is 30.6 Å². The summed E-state index contributed by atoms with van der Waals surface area (Å²) in [5, 5.41) is 2.37. The summed E-state index contributed by atoms with van der Waals surface area (Å²) < 4.78 is 5.30. The molecule has 0 aliphatic carbocycles. The minimum Gasteiger partial charge on any atom is -0.496 e. The van der Waals surface area contributed by atoms with E-state index in [1.54, 1.807) is 12.1 Å². The Morgan fingerprint density at radius 1 is 1.32 bits per heavy atom. The van der Waals surface area contributed by atoms with Crippen molar-refractivity contribution in [2.24, 2.45) is 0 Å². The number of hydrogen-bond acceptors (Lipinski definition) is 4. The van der Waals surface area contributed by atoms with Crippen LogP contribution in [0.1, 0.15) is 41.6 Å². The van der Waals surface area contributed by atoms with Gasteiger partial charge in [0.05, 0.1) is 23.4 Å². The third kappa shape index (κ3) is 5.06. The molecular formula is C22H26ClN3O2. The van der Waals surface area contributed by atoms with E-state index in [1.807, 2.05) is 23.2 Å². The zero-order chi connectivity index (χ0) is 19.9. The van der Waals surface area contributed by atoms with Gasteiger partial charge < -0.3 is 10.5 Å². The second-order valence-corrected chi connectivity index (χ2v) is 7.31. The molecule has 3 rings (SSSR count). The molecule has 2 aromatic rings. The number of carbonyl (C=O) groups excluding carboxylic acids is 1. The van der Waals surface area contributed by atoms with Crippen LogP contribution in [0.3, 0.4) is 0 Å². The van der Waals surface area contributed by atoms with E-state index < -0.39 is 0 Å². The molecule has 148 valence electrons. The van der Waals surface area contributed by atoms with Gasteiger partial charge in [-0.25, -0.2) is 5.01 Å². The van der Waals surface area contributed by atoms with Crippen LogP contribution in [0, 0.1) is 0 Å². The maximum atomic E-state index is 12.8. The summed E-state index contributed by atoms with van der Waals surface area (Å²) in [7, 11) is 1.51. The Balaban J connectivity index is 1.68. The van der Waals surface area contributed by atoms with Crippen molar-refractivity contribution in [2.75, 3.05) is 19.4 Å². The fraction of sp³-hybridized carbons (Fsp3) is 0.318. The van der Waals surface area contributed by atoms with Crippen molar-refractivity contribution in [2.45, 2.75) is 31.7 Å². The Labute approximate surface area is 171 Å². The van der Waals surface area contributed by atoms with Gasteiger partial charge in [-0.15, -0.1) is 0 Å². The van der Waals surface area contributed by atoms with Gasteiger partial charge in [0, 0.05) is 18.7 Å². The first-order valence-electron chi connectivity index (χ1n) is 9.50. The number of piperidine rings is 1. The predicted octanol–water partition coefficient (Wildman–Crippen LogP) is 4.53. The van der Waals surface area contributed by atoms with Crippen LogP contribution in [0.4, 0.5) is 5.69 Å². The molecule has 1 saturated heterocycles. The predicted molar refractivity (Wildman–Crippen MR) is 114 cm³/mol. The third-order valence-electron chi connectivity index (χ3n) is 4.95. The summed E-state index contributed by atoms with van der Waals surface area (Å²) in [4.78, 5) is 12.8. The molecular weight excluding hydrogens is 374 g/mol. The van der Waals surface area contributed by atoms with Crippen LogP contribution in [0.15, 0.2) is 48.5 Å². The number of benzene rings is 2. The first kappa shape index (κ1) is 20.2. The van der Waals surface area contributed by atoms with Crippen LogP contribution in [0.25, 0.3) is 6.08 Å². The van der Waals surface area contributed by atoms with Crippen LogP contribution in [0.5, 0.6) is 5.75 Å². The molecule has 1 heterocycles. The van der Waals surface area contributed by atoms with E-state index in [2.05, 4.69) is 29.7 Å². The lowest BCUT2D eigenvalue weighted by atomic mass is 10.0. The number of nitrogens with one attached hydrogen (secondary N) is 1. The van der Waals surface area contributed by atoms with E-state index >= 15 is 0 Å².